The number of carbonyl (C=O) groups excluding carboxylic acids is 3. The molecular weight excluding hydrogens is 272 g/mol. The summed E-state index contributed by atoms with van der Waals surface area (Å²) in [5.41, 5.74) is 10.2. The number of aromatic nitrogens is 1. The monoisotopic (exact) mass is 286 g/mol. The van der Waals surface area contributed by atoms with E-state index in [1.165, 1.54) is 0 Å². The zero-order valence-electron chi connectivity index (χ0n) is 10.4. The van der Waals surface area contributed by atoms with Crippen LogP contribution in [-0.4, -0.2) is 35.8 Å². The number of primary amides is 2. The second-order valence-corrected chi connectivity index (χ2v) is 4.17. The van der Waals surface area contributed by atoms with Gasteiger partial charge in [-0.05, 0) is 13.2 Å². The summed E-state index contributed by atoms with van der Waals surface area (Å²) in [5, 5.41) is 2.64. The van der Waals surface area contributed by atoms with E-state index in [4.69, 9.17) is 11.5 Å². The van der Waals surface area contributed by atoms with Gasteiger partial charge in [0.25, 0.3) is 11.8 Å². The first kappa shape index (κ1) is 14.9. The number of H-pyrrole nitrogens is 1. The van der Waals surface area contributed by atoms with Gasteiger partial charge in [-0.25, -0.2) is 4.79 Å². The molecular formula is C10H14N4O4S. The lowest BCUT2D eigenvalue weighted by molar-refractivity contribution is 0.0966. The van der Waals surface area contributed by atoms with Gasteiger partial charge >= 0.3 is 6.09 Å². The van der Waals surface area contributed by atoms with Crippen molar-refractivity contribution in [3.63, 3.8) is 0 Å². The van der Waals surface area contributed by atoms with E-state index >= 15 is 0 Å². The molecule has 0 aliphatic carbocycles. The van der Waals surface area contributed by atoms with Crippen LogP contribution in [0.1, 0.15) is 27.6 Å². The number of nitrogens with one attached hydrogen (secondary N) is 2. The number of nitrogens with two attached hydrogens (primary N) is 2. The lowest BCUT2D eigenvalue weighted by Gasteiger charge is -2.04. The molecule has 8 nitrogen and oxygen atoms in total. The van der Waals surface area contributed by atoms with Crippen molar-refractivity contribution in [1.29, 1.82) is 0 Å². The highest BCUT2D eigenvalue weighted by atomic mass is 32.2. The highest BCUT2D eigenvalue weighted by molar-refractivity contribution is 7.98. The molecule has 1 heterocycles. The molecule has 1 aromatic heterocycles. The molecule has 0 aliphatic rings. The van der Waals surface area contributed by atoms with Crippen molar-refractivity contribution in [2.45, 2.75) is 11.9 Å². The lowest BCUT2D eigenvalue weighted by Crippen LogP contribution is -2.22. The molecule has 0 fully saturated rings. The van der Waals surface area contributed by atoms with Crippen LogP contribution in [0.3, 0.4) is 0 Å². The molecule has 1 aromatic rings. The fourth-order valence-corrected chi connectivity index (χ4v) is 2.09. The van der Waals surface area contributed by atoms with Crippen LogP contribution < -0.4 is 16.8 Å². The number of rotatable bonds is 5. The molecule has 0 saturated carbocycles. The van der Waals surface area contributed by atoms with Gasteiger partial charge in [0.2, 0.25) is 0 Å². The van der Waals surface area contributed by atoms with Crippen LogP contribution in [0, 0.1) is 0 Å². The maximum Gasteiger partial charge on any atom is 0.412 e. The van der Waals surface area contributed by atoms with Gasteiger partial charge in [0.05, 0.1) is 22.8 Å². The molecule has 104 valence electrons. The van der Waals surface area contributed by atoms with Gasteiger partial charge < -0.3 is 21.2 Å². The molecule has 0 radical (unpaired) electrons. The topological polar surface area (TPSA) is 140 Å². The summed E-state index contributed by atoms with van der Waals surface area (Å²) < 4.78 is 4.68. The smallest absolute Gasteiger partial charge is 0.412 e. The highest BCUT2D eigenvalue weighted by Gasteiger charge is 2.26. The summed E-state index contributed by atoms with van der Waals surface area (Å²) in [5.74, 6) is -1.70. The second kappa shape index (κ2) is 6.14. The van der Waals surface area contributed by atoms with E-state index in [1.807, 2.05) is 0 Å². The van der Waals surface area contributed by atoms with Crippen molar-refractivity contribution in [2.75, 3.05) is 18.2 Å². The minimum absolute atomic E-state index is 0.0101. The first-order valence-electron chi connectivity index (χ1n) is 5.25. The van der Waals surface area contributed by atoms with Gasteiger partial charge in [-0.3, -0.25) is 14.9 Å². The Morgan fingerprint density at radius 3 is 2.26 bits per heavy atom. The molecule has 0 unspecified atom stereocenters. The predicted molar refractivity (Wildman–Crippen MR) is 70.3 cm³/mol. The standard InChI is InChI=1S/C10H14N4O4S/c1-3-18-10(17)14-8-4(6(11)15)5(7(12)16)9(13-8)19-2/h13H,3H2,1-2H3,(H2,11,15)(H2,12,16)(H,14,17). The van der Waals surface area contributed by atoms with E-state index < -0.39 is 17.9 Å². The number of anilines is 1. The van der Waals surface area contributed by atoms with Crippen molar-refractivity contribution in [2.24, 2.45) is 11.5 Å². The van der Waals surface area contributed by atoms with Crippen molar-refractivity contribution in [3.8, 4) is 0 Å². The summed E-state index contributed by atoms with van der Waals surface area (Å²) in [7, 11) is 0. The third-order valence-corrected chi connectivity index (χ3v) is 2.88. The molecule has 0 spiro atoms. The number of amides is 3. The Hall–Kier alpha value is -2.16. The lowest BCUT2D eigenvalue weighted by atomic mass is 10.1. The van der Waals surface area contributed by atoms with Gasteiger partial charge in [-0.2, -0.15) is 0 Å². The van der Waals surface area contributed by atoms with Gasteiger partial charge in [-0.1, -0.05) is 0 Å². The van der Waals surface area contributed by atoms with Crippen molar-refractivity contribution >= 4 is 35.5 Å². The quantitative estimate of drug-likeness (QED) is 0.583. The minimum Gasteiger partial charge on any atom is -0.450 e. The molecule has 0 bridgehead atoms. The Morgan fingerprint density at radius 1 is 1.26 bits per heavy atom. The molecule has 0 aliphatic heterocycles. The normalized spacial score (nSPS) is 10.0. The third-order valence-electron chi connectivity index (χ3n) is 2.17. The van der Waals surface area contributed by atoms with Crippen molar-refractivity contribution in [3.05, 3.63) is 11.1 Å². The number of carbonyl (C=O) groups is 3. The van der Waals surface area contributed by atoms with Crippen LogP contribution in [-0.2, 0) is 4.74 Å². The Kier molecular flexibility index (Phi) is 4.81. The summed E-state index contributed by atoms with van der Waals surface area (Å²) in [6.07, 6.45) is 0.909. The zero-order chi connectivity index (χ0) is 14.6. The van der Waals surface area contributed by atoms with Crippen LogP contribution in [0.25, 0.3) is 0 Å². The van der Waals surface area contributed by atoms with Crippen LogP contribution in [0.5, 0.6) is 0 Å². The molecule has 1 rings (SSSR count). The number of ether oxygens (including phenoxy) is 1. The van der Waals surface area contributed by atoms with Crippen LogP contribution >= 0.6 is 11.8 Å². The van der Waals surface area contributed by atoms with Crippen LogP contribution in [0.2, 0.25) is 0 Å². The Balaban J connectivity index is 3.27. The van der Waals surface area contributed by atoms with Gasteiger partial charge in [0, 0.05) is 0 Å². The number of aromatic amines is 1. The molecule has 0 saturated heterocycles. The molecule has 0 aromatic carbocycles. The SMILES string of the molecule is CCOC(=O)Nc1[nH]c(SC)c(C(N)=O)c1C(N)=O. The van der Waals surface area contributed by atoms with Gasteiger partial charge in [-0.15, -0.1) is 11.8 Å². The highest BCUT2D eigenvalue weighted by Crippen LogP contribution is 2.29. The Bertz CT molecular complexity index is 526. The van der Waals surface area contributed by atoms with E-state index in [0.29, 0.717) is 5.03 Å². The number of hydrogen-bond acceptors (Lipinski definition) is 5. The van der Waals surface area contributed by atoms with E-state index in [-0.39, 0.29) is 23.6 Å². The number of hydrogen-bond donors (Lipinski definition) is 4. The average Bonchev–Trinajstić information content (AvgIpc) is 2.67. The summed E-state index contributed by atoms with van der Waals surface area (Å²) in [6.45, 7) is 1.79. The van der Waals surface area contributed by atoms with Gasteiger partial charge in [0.1, 0.15) is 5.82 Å². The second-order valence-electron chi connectivity index (χ2n) is 3.36. The van der Waals surface area contributed by atoms with Crippen molar-refractivity contribution in [1.82, 2.24) is 4.98 Å². The fraction of sp³-hybridized carbons (Fsp3) is 0.300. The molecule has 6 N–H and O–H groups in total. The largest absolute Gasteiger partial charge is 0.450 e. The van der Waals surface area contributed by atoms with Crippen molar-refractivity contribution < 1.29 is 19.1 Å². The molecule has 3 amide bonds. The third kappa shape index (κ3) is 3.19. The zero-order valence-corrected chi connectivity index (χ0v) is 11.2. The average molecular weight is 286 g/mol. The molecule has 19 heavy (non-hydrogen) atoms. The fourth-order valence-electron chi connectivity index (χ4n) is 1.47. The number of thioether (sulfide) groups is 1. The van der Waals surface area contributed by atoms with E-state index in [0.717, 1.165) is 11.8 Å². The Labute approximate surface area is 113 Å². The van der Waals surface area contributed by atoms with Crippen LogP contribution in [0.15, 0.2) is 5.03 Å². The van der Waals surface area contributed by atoms with E-state index in [2.05, 4.69) is 15.0 Å². The summed E-state index contributed by atoms with van der Waals surface area (Å²) in [4.78, 5) is 36.8. The molecule has 9 heteroatoms. The maximum atomic E-state index is 11.4. The summed E-state index contributed by atoms with van der Waals surface area (Å²) in [6, 6.07) is 0. The first-order chi connectivity index (χ1) is 8.92. The Morgan fingerprint density at radius 2 is 1.84 bits per heavy atom. The molecule has 0 atom stereocenters. The summed E-state index contributed by atoms with van der Waals surface area (Å²) >= 11 is 1.16. The first-order valence-corrected chi connectivity index (χ1v) is 6.48. The van der Waals surface area contributed by atoms with Crippen LogP contribution in [0.4, 0.5) is 10.6 Å². The maximum absolute atomic E-state index is 11.4. The predicted octanol–water partition coefficient (Wildman–Crippen LogP) is 0.503. The van der Waals surface area contributed by atoms with E-state index in [9.17, 15) is 14.4 Å². The minimum atomic E-state index is -0.878. The van der Waals surface area contributed by atoms with E-state index in [1.54, 1.807) is 13.2 Å². The van der Waals surface area contributed by atoms with Gasteiger partial charge in [0.15, 0.2) is 0 Å².